The Morgan fingerprint density at radius 2 is 1.90 bits per heavy atom. The summed E-state index contributed by atoms with van der Waals surface area (Å²) in [6.07, 6.45) is 0.861. The van der Waals surface area contributed by atoms with Crippen LogP contribution in [0.4, 0.5) is 4.79 Å². The molecule has 1 saturated heterocycles. The summed E-state index contributed by atoms with van der Waals surface area (Å²) >= 11 is 0. The van der Waals surface area contributed by atoms with E-state index < -0.39 is 11.9 Å². The molecule has 0 aromatic heterocycles. The van der Waals surface area contributed by atoms with Crippen LogP contribution in [0.1, 0.15) is 20.3 Å². The van der Waals surface area contributed by atoms with Crippen LogP contribution in [0.5, 0.6) is 0 Å². The Labute approximate surface area is 125 Å². The number of urea groups is 1. The Bertz CT molecular complexity index is 349. The zero-order chi connectivity index (χ0) is 15.8. The second-order valence-corrected chi connectivity index (χ2v) is 5.78. The summed E-state index contributed by atoms with van der Waals surface area (Å²) in [6, 6.07) is -0.201. The van der Waals surface area contributed by atoms with Gasteiger partial charge in [0.25, 0.3) is 0 Å². The van der Waals surface area contributed by atoms with Gasteiger partial charge in [-0.05, 0) is 18.9 Å². The highest BCUT2D eigenvalue weighted by Gasteiger charge is 2.24. The molecule has 1 aliphatic rings. The molecule has 122 valence electrons. The van der Waals surface area contributed by atoms with E-state index in [-0.39, 0.29) is 25.1 Å². The number of hydrogen-bond acceptors (Lipinski definition) is 4. The van der Waals surface area contributed by atoms with Crippen molar-refractivity contribution in [2.45, 2.75) is 20.3 Å². The lowest BCUT2D eigenvalue weighted by Gasteiger charge is -2.23. The average molecular weight is 301 g/mol. The van der Waals surface area contributed by atoms with Crippen LogP contribution in [0, 0.1) is 11.8 Å². The van der Waals surface area contributed by atoms with E-state index in [4.69, 9.17) is 10.2 Å². The highest BCUT2D eigenvalue weighted by Crippen LogP contribution is 2.10. The number of aliphatic carboxylic acids is 1. The maximum absolute atomic E-state index is 12.1. The topological polar surface area (TPSA) is 93.1 Å². The van der Waals surface area contributed by atoms with Crippen LogP contribution in [0.2, 0.25) is 0 Å². The van der Waals surface area contributed by atoms with Crippen molar-refractivity contribution in [3.05, 3.63) is 0 Å². The monoisotopic (exact) mass is 301 g/mol. The van der Waals surface area contributed by atoms with Gasteiger partial charge in [0, 0.05) is 32.7 Å². The van der Waals surface area contributed by atoms with Gasteiger partial charge in [-0.25, -0.2) is 4.79 Å². The minimum atomic E-state index is -0.879. The van der Waals surface area contributed by atoms with Crippen molar-refractivity contribution in [1.82, 2.24) is 15.1 Å². The molecular weight excluding hydrogens is 274 g/mol. The second kappa shape index (κ2) is 8.84. The zero-order valence-corrected chi connectivity index (χ0v) is 12.9. The Morgan fingerprint density at radius 1 is 1.19 bits per heavy atom. The first-order chi connectivity index (χ1) is 9.95. The minimum absolute atomic E-state index is 0.0213. The van der Waals surface area contributed by atoms with E-state index in [1.807, 2.05) is 13.8 Å². The third-order valence-corrected chi connectivity index (χ3v) is 3.89. The van der Waals surface area contributed by atoms with Gasteiger partial charge in [0.2, 0.25) is 0 Å². The largest absolute Gasteiger partial charge is 0.481 e. The lowest BCUT2D eigenvalue weighted by Crippen LogP contribution is -2.45. The third-order valence-electron chi connectivity index (χ3n) is 3.89. The number of carboxylic acids is 1. The van der Waals surface area contributed by atoms with Gasteiger partial charge in [-0.3, -0.25) is 9.69 Å². The molecular formula is C14H27N3O4. The Kier molecular flexibility index (Phi) is 7.45. The summed E-state index contributed by atoms with van der Waals surface area (Å²) in [7, 11) is 0. The molecule has 1 unspecified atom stereocenters. The molecule has 0 spiro atoms. The Morgan fingerprint density at radius 3 is 2.48 bits per heavy atom. The molecule has 0 aromatic carbocycles. The molecule has 1 heterocycles. The van der Waals surface area contributed by atoms with Gasteiger partial charge in [-0.1, -0.05) is 13.8 Å². The predicted molar refractivity (Wildman–Crippen MR) is 79.1 cm³/mol. The predicted octanol–water partition coefficient (Wildman–Crippen LogP) is 0.0528. The van der Waals surface area contributed by atoms with Crippen molar-refractivity contribution in [1.29, 1.82) is 0 Å². The molecule has 1 rings (SSSR count). The van der Waals surface area contributed by atoms with E-state index in [1.165, 1.54) is 0 Å². The summed E-state index contributed by atoms with van der Waals surface area (Å²) in [6.45, 7) is 7.45. The maximum atomic E-state index is 12.1. The van der Waals surface area contributed by atoms with Gasteiger partial charge in [0.05, 0.1) is 12.5 Å². The molecule has 0 bridgehead atoms. The van der Waals surface area contributed by atoms with Gasteiger partial charge in [-0.15, -0.1) is 0 Å². The highest BCUT2D eigenvalue weighted by molar-refractivity contribution is 5.76. The standard InChI is InChI=1S/C14H27N3O4/c1-11(2)12(13(19)20)10-15-14(21)17-5-3-4-16(6-7-17)8-9-18/h11-12,18H,3-10H2,1-2H3,(H,15,21)(H,19,20). The van der Waals surface area contributed by atoms with Crippen LogP contribution in [0.25, 0.3) is 0 Å². The summed E-state index contributed by atoms with van der Waals surface area (Å²) in [4.78, 5) is 27.1. The number of carboxylic acid groups (broad SMARTS) is 1. The van der Waals surface area contributed by atoms with Gasteiger partial charge in [0.15, 0.2) is 0 Å². The number of nitrogens with zero attached hydrogens (tertiary/aromatic N) is 2. The van der Waals surface area contributed by atoms with Crippen molar-refractivity contribution in [3.63, 3.8) is 0 Å². The zero-order valence-electron chi connectivity index (χ0n) is 12.9. The average Bonchev–Trinajstić information content (AvgIpc) is 2.64. The molecule has 0 radical (unpaired) electrons. The minimum Gasteiger partial charge on any atom is -0.481 e. The molecule has 7 heteroatoms. The highest BCUT2D eigenvalue weighted by atomic mass is 16.4. The molecule has 0 aliphatic carbocycles. The summed E-state index contributed by atoms with van der Waals surface area (Å²) < 4.78 is 0. The van der Waals surface area contributed by atoms with Gasteiger partial charge >= 0.3 is 12.0 Å². The molecule has 1 atom stereocenters. The first kappa shape index (κ1) is 17.7. The molecule has 2 amide bonds. The number of aliphatic hydroxyl groups excluding tert-OH is 1. The van der Waals surface area contributed by atoms with Crippen molar-refractivity contribution >= 4 is 12.0 Å². The molecule has 1 fully saturated rings. The molecule has 21 heavy (non-hydrogen) atoms. The van der Waals surface area contributed by atoms with Gasteiger partial charge < -0.3 is 20.4 Å². The number of hydrogen-bond donors (Lipinski definition) is 3. The smallest absolute Gasteiger partial charge is 0.317 e. The maximum Gasteiger partial charge on any atom is 0.317 e. The van der Waals surface area contributed by atoms with E-state index in [1.54, 1.807) is 4.90 Å². The number of carbonyl (C=O) groups is 2. The van der Waals surface area contributed by atoms with Crippen LogP contribution in [0.3, 0.4) is 0 Å². The molecule has 0 aromatic rings. The Hall–Kier alpha value is -1.34. The lowest BCUT2D eigenvalue weighted by atomic mass is 9.96. The molecule has 1 aliphatic heterocycles. The van der Waals surface area contributed by atoms with Crippen LogP contribution < -0.4 is 5.32 Å². The SMILES string of the molecule is CC(C)C(CNC(=O)N1CCCN(CCO)CC1)C(=O)O. The lowest BCUT2D eigenvalue weighted by molar-refractivity contribution is -0.142. The quantitative estimate of drug-likeness (QED) is 0.645. The van der Waals surface area contributed by atoms with E-state index >= 15 is 0 Å². The number of carbonyl (C=O) groups excluding carboxylic acids is 1. The first-order valence-corrected chi connectivity index (χ1v) is 7.54. The van der Waals surface area contributed by atoms with E-state index in [0.29, 0.717) is 19.6 Å². The number of nitrogens with one attached hydrogen (secondary N) is 1. The summed E-state index contributed by atoms with van der Waals surface area (Å²) in [5.41, 5.74) is 0. The van der Waals surface area contributed by atoms with Crippen LogP contribution in [0.15, 0.2) is 0 Å². The fraction of sp³-hybridized carbons (Fsp3) is 0.857. The number of rotatable bonds is 6. The number of aliphatic hydroxyl groups is 1. The van der Waals surface area contributed by atoms with E-state index in [9.17, 15) is 9.59 Å². The summed E-state index contributed by atoms with van der Waals surface area (Å²) in [5.74, 6) is -1.46. The first-order valence-electron chi connectivity index (χ1n) is 7.54. The normalized spacial score (nSPS) is 18.4. The summed E-state index contributed by atoms with van der Waals surface area (Å²) in [5, 5.41) is 20.8. The van der Waals surface area contributed by atoms with Crippen molar-refractivity contribution in [3.8, 4) is 0 Å². The van der Waals surface area contributed by atoms with Gasteiger partial charge in [0.1, 0.15) is 0 Å². The van der Waals surface area contributed by atoms with Gasteiger partial charge in [-0.2, -0.15) is 0 Å². The van der Waals surface area contributed by atoms with Crippen molar-refractivity contribution in [2.24, 2.45) is 11.8 Å². The number of β-amino-alcohol motifs (C(OH)–C–C–N with tert-alkyl or cyclic N) is 1. The fourth-order valence-corrected chi connectivity index (χ4v) is 2.46. The van der Waals surface area contributed by atoms with E-state index in [0.717, 1.165) is 19.5 Å². The molecule has 3 N–H and O–H groups in total. The second-order valence-electron chi connectivity index (χ2n) is 5.78. The van der Waals surface area contributed by atoms with Crippen molar-refractivity contribution in [2.75, 3.05) is 45.9 Å². The molecule has 0 saturated carbocycles. The number of amides is 2. The Balaban J connectivity index is 2.43. The fourth-order valence-electron chi connectivity index (χ4n) is 2.46. The van der Waals surface area contributed by atoms with E-state index in [2.05, 4.69) is 10.2 Å². The van der Waals surface area contributed by atoms with Crippen LogP contribution >= 0.6 is 0 Å². The van der Waals surface area contributed by atoms with Crippen molar-refractivity contribution < 1.29 is 19.8 Å². The molecule has 7 nitrogen and oxygen atoms in total. The van der Waals surface area contributed by atoms with Crippen LogP contribution in [-0.4, -0.2) is 77.9 Å². The van der Waals surface area contributed by atoms with Crippen LogP contribution in [-0.2, 0) is 4.79 Å². The third kappa shape index (κ3) is 5.89.